The van der Waals surface area contributed by atoms with Gasteiger partial charge in [0.1, 0.15) is 6.61 Å². The number of benzene rings is 3. The first-order valence-corrected chi connectivity index (χ1v) is 13.3. The molecular weight excluding hydrogens is 470 g/mol. The fraction of sp³-hybridized carbons (Fsp3) is 0.296. The number of carbonyl (C=O) groups excluding carboxylic acids is 1. The van der Waals surface area contributed by atoms with Crippen molar-refractivity contribution >= 4 is 27.5 Å². The second kappa shape index (κ2) is 9.08. The lowest BCUT2D eigenvalue weighted by Crippen LogP contribution is -2.56. The second-order valence-electron chi connectivity index (χ2n) is 9.02. The van der Waals surface area contributed by atoms with Crippen molar-refractivity contribution in [1.82, 2.24) is 4.90 Å². The predicted octanol–water partition coefficient (Wildman–Crippen LogP) is 5.35. The molecule has 0 aromatic heterocycles. The predicted molar refractivity (Wildman–Crippen MR) is 132 cm³/mol. The highest BCUT2D eigenvalue weighted by Gasteiger charge is 2.55. The van der Waals surface area contributed by atoms with Gasteiger partial charge in [0, 0.05) is 18.4 Å². The fourth-order valence-corrected chi connectivity index (χ4v) is 7.75. The molecule has 5 nitrogen and oxygen atoms in total. The molecule has 5 rings (SSSR count). The van der Waals surface area contributed by atoms with Gasteiger partial charge < -0.3 is 9.64 Å². The van der Waals surface area contributed by atoms with Crippen LogP contribution in [0.2, 0.25) is 0 Å². The quantitative estimate of drug-likeness (QED) is 0.447. The Balaban J connectivity index is 1.68. The molecule has 0 bridgehead atoms. The van der Waals surface area contributed by atoms with Crippen molar-refractivity contribution in [2.24, 2.45) is 5.92 Å². The normalized spacial score (nSPS) is 25.5. The number of nitrogens with zero attached hydrogens (tertiary/aromatic N) is 1. The van der Waals surface area contributed by atoms with E-state index >= 15 is 0 Å². The van der Waals surface area contributed by atoms with E-state index in [4.69, 9.17) is 16.3 Å². The number of ether oxygens (including phenoxy) is 1. The van der Waals surface area contributed by atoms with Gasteiger partial charge >= 0.3 is 6.09 Å². The van der Waals surface area contributed by atoms with Crippen molar-refractivity contribution in [2.45, 2.75) is 34.4 Å². The van der Waals surface area contributed by atoms with Crippen LogP contribution in [0.3, 0.4) is 0 Å². The average molecular weight is 496 g/mol. The van der Waals surface area contributed by atoms with Crippen molar-refractivity contribution in [3.05, 3.63) is 102 Å². The van der Waals surface area contributed by atoms with Gasteiger partial charge in [-0.2, -0.15) is 0 Å². The van der Waals surface area contributed by atoms with Crippen molar-refractivity contribution in [1.29, 1.82) is 0 Å². The van der Waals surface area contributed by atoms with Gasteiger partial charge in [-0.3, -0.25) is 0 Å². The van der Waals surface area contributed by atoms with Crippen LogP contribution in [0.15, 0.2) is 89.8 Å². The maximum Gasteiger partial charge on any atom is 0.410 e. The summed E-state index contributed by atoms with van der Waals surface area (Å²) in [6.07, 6.45) is -0.484. The Morgan fingerprint density at radius 2 is 1.56 bits per heavy atom. The molecule has 0 unspecified atom stereocenters. The standard InChI is InChI=1S/C27H26ClNO4S/c1-18-12-14-21(15-13-18)34(31,32)23-16-29-22(17-33-27(29)30)25(24(23)19-8-4-2-5-9-19)26(28)20-10-6-3-7-11-20/h2-15,22-26H,16-17H2,1H3/t22-,23+,24-,25-,26-/m0/s1. The summed E-state index contributed by atoms with van der Waals surface area (Å²) in [6, 6.07) is 25.9. The fourth-order valence-electron chi connectivity index (χ4n) is 5.33. The lowest BCUT2D eigenvalue weighted by molar-refractivity contribution is 0.129. The highest BCUT2D eigenvalue weighted by Crippen LogP contribution is 2.50. The first kappa shape index (κ1) is 22.9. The maximum atomic E-state index is 14.1. The zero-order valence-corrected chi connectivity index (χ0v) is 20.3. The van der Waals surface area contributed by atoms with E-state index < -0.39 is 32.5 Å². The summed E-state index contributed by atoms with van der Waals surface area (Å²) in [7, 11) is -3.79. The third kappa shape index (κ3) is 3.99. The van der Waals surface area contributed by atoms with E-state index in [1.165, 1.54) is 0 Å². The number of aryl methyl sites for hydroxylation is 1. The van der Waals surface area contributed by atoms with Crippen molar-refractivity contribution in [2.75, 3.05) is 13.2 Å². The van der Waals surface area contributed by atoms with Crippen LogP contribution in [-0.4, -0.2) is 43.9 Å². The van der Waals surface area contributed by atoms with Crippen molar-refractivity contribution in [3.8, 4) is 0 Å². The molecule has 0 saturated carbocycles. The summed E-state index contributed by atoms with van der Waals surface area (Å²) in [5.74, 6) is -0.789. The molecule has 176 valence electrons. The van der Waals surface area contributed by atoms with E-state index in [-0.39, 0.29) is 30.0 Å². The molecule has 2 aliphatic rings. The number of hydrogen-bond acceptors (Lipinski definition) is 4. The number of cyclic esters (lactones) is 1. The van der Waals surface area contributed by atoms with E-state index in [1.807, 2.05) is 67.6 Å². The number of hydrogen-bond donors (Lipinski definition) is 0. The van der Waals surface area contributed by atoms with Gasteiger partial charge in [0.15, 0.2) is 9.84 Å². The molecule has 3 aromatic carbocycles. The molecule has 0 spiro atoms. The first-order valence-electron chi connectivity index (χ1n) is 11.4. The Kier molecular flexibility index (Phi) is 6.13. The van der Waals surface area contributed by atoms with Crippen LogP contribution in [0.25, 0.3) is 0 Å². The zero-order valence-electron chi connectivity index (χ0n) is 18.8. The Morgan fingerprint density at radius 1 is 0.941 bits per heavy atom. The summed E-state index contributed by atoms with van der Waals surface area (Å²) in [5.41, 5.74) is 2.77. The molecule has 1 amide bonds. The highest BCUT2D eigenvalue weighted by molar-refractivity contribution is 7.92. The number of fused-ring (bicyclic) bond motifs is 1. The highest BCUT2D eigenvalue weighted by atomic mass is 35.5. The molecular formula is C27H26ClNO4S. The SMILES string of the molecule is Cc1ccc(S(=O)(=O)[C@@H]2CN3C(=O)OC[C@H]3[C@H]([C@@H](Cl)c3ccccc3)[C@H]2c2ccccc2)cc1. The minimum Gasteiger partial charge on any atom is -0.447 e. The van der Waals surface area contributed by atoms with Gasteiger partial charge in [-0.25, -0.2) is 13.2 Å². The number of piperidine rings is 1. The Bertz CT molecular complexity index is 1270. The smallest absolute Gasteiger partial charge is 0.410 e. The first-order chi connectivity index (χ1) is 16.4. The van der Waals surface area contributed by atoms with Crippen molar-refractivity contribution in [3.63, 3.8) is 0 Å². The monoisotopic (exact) mass is 495 g/mol. The maximum absolute atomic E-state index is 14.1. The van der Waals surface area contributed by atoms with E-state index in [9.17, 15) is 13.2 Å². The van der Waals surface area contributed by atoms with Gasteiger partial charge in [-0.05, 0) is 30.2 Å². The van der Waals surface area contributed by atoms with Crippen molar-refractivity contribution < 1.29 is 17.9 Å². The minimum atomic E-state index is -3.79. The third-order valence-corrected chi connectivity index (χ3v) is 9.75. The van der Waals surface area contributed by atoms with Crippen LogP contribution in [-0.2, 0) is 14.6 Å². The molecule has 5 atom stereocenters. The molecule has 2 heterocycles. The number of amides is 1. The van der Waals surface area contributed by atoms with Gasteiger partial charge in [-0.1, -0.05) is 78.4 Å². The third-order valence-electron chi connectivity index (χ3n) is 7.04. The Labute approximate surface area is 205 Å². The number of halogens is 1. The van der Waals surface area contributed by atoms with Gasteiger partial charge in [0.2, 0.25) is 0 Å². The summed E-state index contributed by atoms with van der Waals surface area (Å²) in [6.45, 7) is 2.18. The molecule has 0 N–H and O–H groups in total. The minimum absolute atomic E-state index is 0.0637. The number of sulfone groups is 1. The molecule has 0 aliphatic carbocycles. The summed E-state index contributed by atoms with van der Waals surface area (Å²) in [4.78, 5) is 14.5. The lowest BCUT2D eigenvalue weighted by Gasteiger charge is -2.46. The Hall–Kier alpha value is -2.83. The van der Waals surface area contributed by atoms with Crippen LogP contribution in [0.1, 0.15) is 28.0 Å². The molecule has 2 fully saturated rings. The summed E-state index contributed by atoms with van der Waals surface area (Å²) in [5, 5.41) is -1.38. The van der Waals surface area contributed by atoms with E-state index in [0.29, 0.717) is 0 Å². The van der Waals surface area contributed by atoms with E-state index in [0.717, 1.165) is 16.7 Å². The largest absolute Gasteiger partial charge is 0.447 e. The molecule has 7 heteroatoms. The average Bonchev–Trinajstić information content (AvgIpc) is 3.24. The topological polar surface area (TPSA) is 63.7 Å². The lowest BCUT2D eigenvalue weighted by atomic mass is 9.73. The van der Waals surface area contributed by atoms with E-state index in [2.05, 4.69) is 0 Å². The van der Waals surface area contributed by atoms with Gasteiger partial charge in [0.25, 0.3) is 0 Å². The number of carbonyl (C=O) groups is 1. The number of alkyl halides is 1. The van der Waals surface area contributed by atoms with Crippen LogP contribution < -0.4 is 0 Å². The van der Waals surface area contributed by atoms with Crippen LogP contribution in [0.5, 0.6) is 0 Å². The molecule has 2 aliphatic heterocycles. The molecule has 2 saturated heterocycles. The summed E-state index contributed by atoms with van der Waals surface area (Å²) < 4.78 is 33.5. The molecule has 3 aromatic rings. The van der Waals surface area contributed by atoms with Gasteiger partial charge in [0.05, 0.1) is 21.6 Å². The molecule has 0 radical (unpaired) electrons. The van der Waals surface area contributed by atoms with Crippen LogP contribution >= 0.6 is 11.6 Å². The Morgan fingerprint density at radius 3 is 2.21 bits per heavy atom. The molecule has 34 heavy (non-hydrogen) atoms. The number of rotatable bonds is 5. The van der Waals surface area contributed by atoms with Crippen LogP contribution in [0, 0.1) is 12.8 Å². The second-order valence-corrected chi connectivity index (χ2v) is 11.7. The summed E-state index contributed by atoms with van der Waals surface area (Å²) >= 11 is 7.14. The van der Waals surface area contributed by atoms with Crippen LogP contribution in [0.4, 0.5) is 4.79 Å². The van der Waals surface area contributed by atoms with Gasteiger partial charge in [-0.15, -0.1) is 11.6 Å². The van der Waals surface area contributed by atoms with E-state index in [1.54, 1.807) is 29.2 Å². The zero-order chi connectivity index (χ0) is 23.9.